The monoisotopic (exact) mass is 240 g/mol. The second-order valence-electron chi connectivity index (χ2n) is 5.81. The van der Waals surface area contributed by atoms with Crippen molar-refractivity contribution < 1.29 is 5.11 Å². The fourth-order valence-corrected chi connectivity index (χ4v) is 3.38. The Morgan fingerprint density at radius 1 is 1.24 bits per heavy atom. The number of nitrogens with one attached hydrogen (secondary N) is 1. The molecule has 0 aromatic rings. The lowest BCUT2D eigenvalue weighted by atomic mass is 10.0. The molecule has 0 aromatic heterocycles. The third kappa shape index (κ3) is 3.94. The Kier molecular flexibility index (Phi) is 5.26. The zero-order valence-corrected chi connectivity index (χ0v) is 11.2. The summed E-state index contributed by atoms with van der Waals surface area (Å²) in [5.41, 5.74) is 0. The Hall–Kier alpha value is -0.120. The highest BCUT2D eigenvalue weighted by Gasteiger charge is 2.29. The van der Waals surface area contributed by atoms with E-state index in [9.17, 15) is 5.11 Å². The predicted molar refractivity (Wildman–Crippen MR) is 71.1 cm³/mol. The lowest BCUT2D eigenvalue weighted by Crippen LogP contribution is -2.44. The second kappa shape index (κ2) is 6.72. The molecule has 1 saturated carbocycles. The summed E-state index contributed by atoms with van der Waals surface area (Å²) in [6, 6.07) is 0.731. The van der Waals surface area contributed by atoms with Crippen molar-refractivity contribution >= 4 is 0 Å². The number of rotatable bonds is 5. The van der Waals surface area contributed by atoms with Crippen LogP contribution in [0.4, 0.5) is 0 Å². The van der Waals surface area contributed by atoms with Crippen LogP contribution < -0.4 is 5.32 Å². The van der Waals surface area contributed by atoms with Crippen LogP contribution in [0.2, 0.25) is 0 Å². The van der Waals surface area contributed by atoms with E-state index in [0.717, 1.165) is 31.5 Å². The van der Waals surface area contributed by atoms with Crippen molar-refractivity contribution in [2.24, 2.45) is 5.92 Å². The molecular formula is C14H28N2O. The Morgan fingerprint density at radius 2 is 2.12 bits per heavy atom. The summed E-state index contributed by atoms with van der Waals surface area (Å²) in [6.07, 6.45) is 7.41. The topological polar surface area (TPSA) is 35.5 Å². The molecule has 3 atom stereocenters. The molecule has 3 unspecified atom stereocenters. The molecule has 0 radical (unpaired) electrons. The first kappa shape index (κ1) is 13.3. The lowest BCUT2D eigenvalue weighted by molar-refractivity contribution is 0.0601. The molecule has 0 aromatic carbocycles. The third-order valence-corrected chi connectivity index (χ3v) is 4.29. The van der Waals surface area contributed by atoms with Crippen LogP contribution in [0.15, 0.2) is 0 Å². The van der Waals surface area contributed by atoms with Gasteiger partial charge >= 0.3 is 0 Å². The quantitative estimate of drug-likeness (QED) is 0.766. The maximum absolute atomic E-state index is 9.70. The van der Waals surface area contributed by atoms with Gasteiger partial charge in [-0.15, -0.1) is 0 Å². The van der Waals surface area contributed by atoms with Gasteiger partial charge in [-0.1, -0.05) is 13.3 Å². The van der Waals surface area contributed by atoms with Crippen molar-refractivity contribution in [1.82, 2.24) is 10.2 Å². The summed E-state index contributed by atoms with van der Waals surface area (Å²) in [5, 5.41) is 13.4. The van der Waals surface area contributed by atoms with E-state index in [0.29, 0.717) is 0 Å². The molecule has 1 aliphatic carbocycles. The van der Waals surface area contributed by atoms with Crippen LogP contribution in [0.1, 0.15) is 45.4 Å². The molecule has 3 heteroatoms. The molecule has 1 heterocycles. The van der Waals surface area contributed by atoms with Crippen LogP contribution >= 0.6 is 0 Å². The first-order valence-electron chi connectivity index (χ1n) is 7.43. The molecule has 2 fully saturated rings. The fourth-order valence-electron chi connectivity index (χ4n) is 3.38. The number of likely N-dealkylation sites (tertiary alicyclic amines) is 1. The first-order chi connectivity index (χ1) is 8.29. The van der Waals surface area contributed by atoms with Crippen molar-refractivity contribution in [1.29, 1.82) is 0 Å². The molecule has 0 spiro atoms. The van der Waals surface area contributed by atoms with Gasteiger partial charge in [0.2, 0.25) is 0 Å². The van der Waals surface area contributed by atoms with Crippen LogP contribution in [0.3, 0.4) is 0 Å². The van der Waals surface area contributed by atoms with Gasteiger partial charge in [-0.05, 0) is 51.1 Å². The van der Waals surface area contributed by atoms with Crippen molar-refractivity contribution in [3.8, 4) is 0 Å². The largest absolute Gasteiger partial charge is 0.392 e. The average Bonchev–Trinajstić information content (AvgIpc) is 2.74. The van der Waals surface area contributed by atoms with E-state index < -0.39 is 0 Å². The summed E-state index contributed by atoms with van der Waals surface area (Å²) in [6.45, 7) is 6.67. The molecule has 0 bridgehead atoms. The van der Waals surface area contributed by atoms with Crippen LogP contribution in [-0.4, -0.2) is 48.3 Å². The summed E-state index contributed by atoms with van der Waals surface area (Å²) >= 11 is 0. The summed E-state index contributed by atoms with van der Waals surface area (Å²) in [4.78, 5) is 2.48. The number of nitrogens with zero attached hydrogens (tertiary/aromatic N) is 1. The van der Waals surface area contributed by atoms with E-state index in [1.165, 1.54) is 45.2 Å². The Morgan fingerprint density at radius 3 is 2.88 bits per heavy atom. The molecule has 100 valence electrons. The van der Waals surface area contributed by atoms with Gasteiger partial charge in [0.05, 0.1) is 6.10 Å². The van der Waals surface area contributed by atoms with E-state index in [1.807, 2.05) is 0 Å². The predicted octanol–water partition coefficient (Wildman–Crippen LogP) is 1.61. The maximum atomic E-state index is 9.70. The maximum Gasteiger partial charge on any atom is 0.0667 e. The molecule has 0 amide bonds. The Labute approximate surface area is 106 Å². The van der Waals surface area contributed by atoms with Crippen LogP contribution in [0.5, 0.6) is 0 Å². The van der Waals surface area contributed by atoms with Crippen molar-refractivity contribution in [3.05, 3.63) is 0 Å². The molecule has 2 N–H and O–H groups in total. The van der Waals surface area contributed by atoms with Gasteiger partial charge in [0, 0.05) is 19.1 Å². The molecule has 1 aliphatic heterocycles. The van der Waals surface area contributed by atoms with Crippen molar-refractivity contribution in [2.75, 3.05) is 26.2 Å². The zero-order valence-electron chi connectivity index (χ0n) is 11.2. The summed E-state index contributed by atoms with van der Waals surface area (Å²) in [5.74, 6) is 0.812. The number of β-amino-alcohol motifs (C(OH)–C–C–N with tert-alkyl or cyclic N) is 1. The minimum absolute atomic E-state index is 0.0767. The van der Waals surface area contributed by atoms with Gasteiger partial charge in [0.1, 0.15) is 0 Å². The van der Waals surface area contributed by atoms with Crippen molar-refractivity contribution in [2.45, 2.75) is 57.6 Å². The Bertz CT molecular complexity index is 222. The first-order valence-corrected chi connectivity index (χ1v) is 7.43. The molecule has 2 rings (SSSR count). The van der Waals surface area contributed by atoms with Gasteiger partial charge in [-0.25, -0.2) is 0 Å². The number of aliphatic hydroxyl groups excluding tert-OH is 1. The number of aliphatic hydroxyl groups is 1. The minimum Gasteiger partial charge on any atom is -0.392 e. The normalized spacial score (nSPS) is 35.3. The summed E-state index contributed by atoms with van der Waals surface area (Å²) in [7, 11) is 0. The Balaban J connectivity index is 1.76. The number of hydrogen-bond donors (Lipinski definition) is 2. The van der Waals surface area contributed by atoms with Gasteiger partial charge < -0.3 is 15.3 Å². The highest BCUT2D eigenvalue weighted by atomic mass is 16.3. The van der Waals surface area contributed by atoms with Crippen LogP contribution in [0, 0.1) is 5.92 Å². The highest BCUT2D eigenvalue weighted by molar-refractivity contribution is 4.86. The second-order valence-corrected chi connectivity index (χ2v) is 5.81. The fraction of sp³-hybridized carbons (Fsp3) is 1.00. The standard InChI is InChI=1S/C14H28N2O/c1-2-8-15-14-7-3-5-12(14)10-16-9-4-6-13(17)11-16/h12-15,17H,2-11H2,1H3. The van der Waals surface area contributed by atoms with Crippen LogP contribution in [0.25, 0.3) is 0 Å². The van der Waals surface area contributed by atoms with Gasteiger partial charge in [-0.3, -0.25) is 0 Å². The molecule has 1 saturated heterocycles. The molecule has 2 aliphatic rings. The molecule has 17 heavy (non-hydrogen) atoms. The van der Waals surface area contributed by atoms with E-state index >= 15 is 0 Å². The SMILES string of the molecule is CCCNC1CCCC1CN1CCCC(O)C1. The van der Waals surface area contributed by atoms with Crippen LogP contribution in [-0.2, 0) is 0 Å². The molecular weight excluding hydrogens is 212 g/mol. The number of hydrogen-bond acceptors (Lipinski definition) is 3. The summed E-state index contributed by atoms with van der Waals surface area (Å²) < 4.78 is 0. The highest BCUT2D eigenvalue weighted by Crippen LogP contribution is 2.27. The lowest BCUT2D eigenvalue weighted by Gasteiger charge is -2.33. The smallest absolute Gasteiger partial charge is 0.0667 e. The van der Waals surface area contributed by atoms with E-state index in [-0.39, 0.29) is 6.10 Å². The van der Waals surface area contributed by atoms with E-state index in [1.54, 1.807) is 0 Å². The average molecular weight is 240 g/mol. The third-order valence-electron chi connectivity index (χ3n) is 4.29. The minimum atomic E-state index is -0.0767. The van der Waals surface area contributed by atoms with E-state index in [4.69, 9.17) is 0 Å². The zero-order chi connectivity index (χ0) is 12.1. The van der Waals surface area contributed by atoms with Gasteiger partial charge in [0.15, 0.2) is 0 Å². The van der Waals surface area contributed by atoms with Crippen molar-refractivity contribution in [3.63, 3.8) is 0 Å². The van der Waals surface area contributed by atoms with Gasteiger partial charge in [0.25, 0.3) is 0 Å². The number of piperidine rings is 1. The molecule has 3 nitrogen and oxygen atoms in total. The van der Waals surface area contributed by atoms with Gasteiger partial charge in [-0.2, -0.15) is 0 Å². The van der Waals surface area contributed by atoms with E-state index in [2.05, 4.69) is 17.1 Å².